The normalized spacial score (nSPS) is 16.3. The van der Waals surface area contributed by atoms with Crippen molar-refractivity contribution in [2.75, 3.05) is 19.6 Å². The minimum Gasteiger partial charge on any atom is -0.393 e. The largest absolute Gasteiger partial charge is 0.393 e. The summed E-state index contributed by atoms with van der Waals surface area (Å²) in [6.45, 7) is 1.23. The maximum atomic E-state index is 12.6. The number of aliphatic hydroxyl groups is 1. The number of benzene rings is 1. The number of aliphatic hydroxyl groups excluding tert-OH is 1. The molecule has 2 amide bonds. The fourth-order valence-electron chi connectivity index (χ4n) is 2.77. The van der Waals surface area contributed by atoms with E-state index in [0.29, 0.717) is 43.5 Å². The quantitative estimate of drug-likeness (QED) is 0.344. The minimum atomic E-state index is -0.694. The van der Waals surface area contributed by atoms with Crippen molar-refractivity contribution < 1.29 is 14.7 Å². The van der Waals surface area contributed by atoms with E-state index in [1.807, 2.05) is 0 Å². The van der Waals surface area contributed by atoms with Crippen LogP contribution in [0.5, 0.6) is 0 Å². The molecule has 1 unspecified atom stereocenters. The van der Waals surface area contributed by atoms with Gasteiger partial charge < -0.3 is 26.8 Å². The Morgan fingerprint density at radius 2 is 1.80 bits per heavy atom. The molecule has 0 saturated carbocycles. The van der Waals surface area contributed by atoms with E-state index in [-0.39, 0.29) is 30.3 Å². The SMILES string of the molecule is N=C(N)c1ccc(C(=O)NC(CCN)C(=O)N2CCC(O)CC2)cc1. The topological polar surface area (TPSA) is 146 Å². The van der Waals surface area contributed by atoms with Crippen LogP contribution in [0, 0.1) is 5.41 Å². The van der Waals surface area contributed by atoms with E-state index in [1.165, 1.54) is 0 Å². The molecule has 25 heavy (non-hydrogen) atoms. The molecule has 1 aliphatic heterocycles. The van der Waals surface area contributed by atoms with Crippen LogP contribution in [0.15, 0.2) is 24.3 Å². The Hall–Kier alpha value is -2.45. The molecule has 8 heteroatoms. The Morgan fingerprint density at radius 1 is 1.24 bits per heavy atom. The lowest BCUT2D eigenvalue weighted by Gasteiger charge is -2.32. The van der Waals surface area contributed by atoms with Crippen LogP contribution in [0.2, 0.25) is 0 Å². The highest BCUT2D eigenvalue weighted by Gasteiger charge is 2.28. The van der Waals surface area contributed by atoms with E-state index >= 15 is 0 Å². The van der Waals surface area contributed by atoms with Gasteiger partial charge in [-0.05, 0) is 37.9 Å². The first-order valence-electron chi connectivity index (χ1n) is 8.34. The number of amides is 2. The number of likely N-dealkylation sites (tertiary alicyclic amines) is 1. The highest BCUT2D eigenvalue weighted by atomic mass is 16.3. The molecular formula is C17H25N5O3. The average molecular weight is 347 g/mol. The van der Waals surface area contributed by atoms with Crippen molar-refractivity contribution in [2.45, 2.75) is 31.4 Å². The Kier molecular flexibility index (Phi) is 6.49. The van der Waals surface area contributed by atoms with Crippen LogP contribution < -0.4 is 16.8 Å². The van der Waals surface area contributed by atoms with Gasteiger partial charge in [0, 0.05) is 24.2 Å². The summed E-state index contributed by atoms with van der Waals surface area (Å²) in [6.07, 6.45) is 1.06. The first kappa shape index (κ1) is 18.9. The van der Waals surface area contributed by atoms with Gasteiger partial charge in [0.2, 0.25) is 5.91 Å². The standard InChI is InChI=1S/C17H25N5O3/c18-8-5-14(17(25)22-9-6-13(23)7-10-22)21-16(24)12-3-1-11(2-4-12)15(19)20/h1-4,13-14,23H,5-10,18H2,(H3,19,20)(H,21,24). The van der Waals surface area contributed by atoms with Crippen LogP contribution in [-0.2, 0) is 4.79 Å². The summed E-state index contributed by atoms with van der Waals surface area (Å²) in [7, 11) is 0. The maximum Gasteiger partial charge on any atom is 0.251 e. The average Bonchev–Trinajstić information content (AvgIpc) is 2.61. The molecule has 1 fully saturated rings. The number of piperidine rings is 1. The van der Waals surface area contributed by atoms with Crippen molar-refractivity contribution in [1.82, 2.24) is 10.2 Å². The van der Waals surface area contributed by atoms with E-state index < -0.39 is 6.04 Å². The predicted molar refractivity (Wildman–Crippen MR) is 94.2 cm³/mol. The van der Waals surface area contributed by atoms with E-state index in [1.54, 1.807) is 29.2 Å². The number of nitrogens with zero attached hydrogens (tertiary/aromatic N) is 1. The molecule has 1 aliphatic rings. The summed E-state index contributed by atoms with van der Waals surface area (Å²) in [5.41, 5.74) is 11.9. The van der Waals surface area contributed by atoms with Crippen LogP contribution in [0.3, 0.4) is 0 Å². The van der Waals surface area contributed by atoms with Gasteiger partial charge in [0.05, 0.1) is 6.10 Å². The molecular weight excluding hydrogens is 322 g/mol. The third-order valence-corrected chi connectivity index (χ3v) is 4.29. The molecule has 1 saturated heterocycles. The van der Waals surface area contributed by atoms with Crippen molar-refractivity contribution in [2.24, 2.45) is 11.5 Å². The zero-order valence-electron chi connectivity index (χ0n) is 14.1. The summed E-state index contributed by atoms with van der Waals surface area (Å²) in [5.74, 6) is -0.625. The van der Waals surface area contributed by atoms with Crippen LogP contribution >= 0.6 is 0 Å². The monoisotopic (exact) mass is 347 g/mol. The van der Waals surface area contributed by atoms with Crippen molar-refractivity contribution in [3.05, 3.63) is 35.4 Å². The second-order valence-electron chi connectivity index (χ2n) is 6.15. The van der Waals surface area contributed by atoms with E-state index in [9.17, 15) is 14.7 Å². The Morgan fingerprint density at radius 3 is 2.32 bits per heavy atom. The van der Waals surface area contributed by atoms with Gasteiger partial charge in [-0.25, -0.2) is 0 Å². The first-order chi connectivity index (χ1) is 11.9. The van der Waals surface area contributed by atoms with Gasteiger partial charge in [-0.2, -0.15) is 0 Å². The number of amidine groups is 1. The van der Waals surface area contributed by atoms with Crippen molar-refractivity contribution in [3.8, 4) is 0 Å². The fourth-order valence-corrected chi connectivity index (χ4v) is 2.77. The molecule has 8 nitrogen and oxygen atoms in total. The lowest BCUT2D eigenvalue weighted by molar-refractivity contribution is -0.135. The maximum absolute atomic E-state index is 12.6. The highest BCUT2D eigenvalue weighted by molar-refractivity contribution is 5.99. The number of hydrogen-bond donors (Lipinski definition) is 5. The van der Waals surface area contributed by atoms with Crippen LogP contribution in [-0.4, -0.2) is 59.4 Å². The zero-order chi connectivity index (χ0) is 18.4. The summed E-state index contributed by atoms with van der Waals surface area (Å²) in [5, 5.41) is 19.6. The first-order valence-corrected chi connectivity index (χ1v) is 8.34. The van der Waals surface area contributed by atoms with Crippen molar-refractivity contribution >= 4 is 17.6 Å². The molecule has 0 aromatic heterocycles. The zero-order valence-corrected chi connectivity index (χ0v) is 14.1. The summed E-state index contributed by atoms with van der Waals surface area (Å²) in [4.78, 5) is 26.7. The third kappa shape index (κ3) is 5.01. The molecule has 1 atom stereocenters. The molecule has 7 N–H and O–H groups in total. The van der Waals surface area contributed by atoms with Gasteiger partial charge in [0.25, 0.3) is 5.91 Å². The summed E-state index contributed by atoms with van der Waals surface area (Å²) >= 11 is 0. The number of nitrogen functional groups attached to an aromatic ring is 1. The molecule has 2 rings (SSSR count). The van der Waals surface area contributed by atoms with Gasteiger partial charge in [-0.3, -0.25) is 15.0 Å². The molecule has 136 valence electrons. The number of carbonyl (C=O) groups is 2. The fraction of sp³-hybridized carbons (Fsp3) is 0.471. The molecule has 0 spiro atoms. The smallest absolute Gasteiger partial charge is 0.251 e. The van der Waals surface area contributed by atoms with Crippen LogP contribution in [0.1, 0.15) is 35.2 Å². The highest BCUT2D eigenvalue weighted by Crippen LogP contribution is 2.12. The van der Waals surface area contributed by atoms with E-state index in [2.05, 4.69) is 5.32 Å². The molecule has 0 aliphatic carbocycles. The lowest BCUT2D eigenvalue weighted by atomic mass is 10.1. The van der Waals surface area contributed by atoms with Gasteiger partial charge in [0.15, 0.2) is 0 Å². The molecule has 1 aromatic carbocycles. The molecule has 0 bridgehead atoms. The van der Waals surface area contributed by atoms with Gasteiger partial charge in [0.1, 0.15) is 11.9 Å². The summed E-state index contributed by atoms with van der Waals surface area (Å²) in [6, 6.07) is 5.60. The number of hydrogen-bond acceptors (Lipinski definition) is 5. The number of rotatable bonds is 6. The van der Waals surface area contributed by atoms with E-state index in [0.717, 1.165) is 0 Å². The van der Waals surface area contributed by atoms with E-state index in [4.69, 9.17) is 16.9 Å². The number of carbonyl (C=O) groups excluding carboxylic acids is 2. The molecule has 1 aromatic rings. The van der Waals surface area contributed by atoms with Gasteiger partial charge in [-0.1, -0.05) is 12.1 Å². The second-order valence-corrected chi connectivity index (χ2v) is 6.15. The molecule has 0 radical (unpaired) electrons. The Bertz CT molecular complexity index is 624. The second kappa shape index (κ2) is 8.59. The number of nitrogens with two attached hydrogens (primary N) is 2. The summed E-state index contributed by atoms with van der Waals surface area (Å²) < 4.78 is 0. The van der Waals surface area contributed by atoms with Crippen LogP contribution in [0.25, 0.3) is 0 Å². The van der Waals surface area contributed by atoms with Gasteiger partial charge >= 0.3 is 0 Å². The number of nitrogens with one attached hydrogen (secondary N) is 2. The minimum absolute atomic E-state index is 0.0737. The third-order valence-electron chi connectivity index (χ3n) is 4.29. The van der Waals surface area contributed by atoms with Crippen molar-refractivity contribution in [3.63, 3.8) is 0 Å². The van der Waals surface area contributed by atoms with Crippen molar-refractivity contribution in [1.29, 1.82) is 5.41 Å². The van der Waals surface area contributed by atoms with Crippen LogP contribution in [0.4, 0.5) is 0 Å². The van der Waals surface area contributed by atoms with Gasteiger partial charge in [-0.15, -0.1) is 0 Å². The Labute approximate surface area is 146 Å². The predicted octanol–water partition coefficient (Wildman–Crippen LogP) is -0.599. The lowest BCUT2D eigenvalue weighted by Crippen LogP contribution is -2.51. The molecule has 1 heterocycles. The Balaban J connectivity index is 2.03.